The fourth-order valence-corrected chi connectivity index (χ4v) is 3.15. The normalized spacial score (nSPS) is 16.5. The van der Waals surface area contributed by atoms with Crippen LogP contribution in [0.25, 0.3) is 22.2 Å². The maximum atomic E-state index is 12.7. The standard InChI is InChI=1S/C20H14BrNO4/c21-13-7-5-12(6-8-13)17-11-15(14-3-1-2-4-16(14)22-17)19(23)26-18-9-10-25-20(18)24/h1-8,11,18H,9-10H2/t18-/m0/s1. The Hall–Kier alpha value is -2.73. The number of pyridine rings is 1. The molecule has 130 valence electrons. The number of cyclic esters (lactones) is 1. The van der Waals surface area contributed by atoms with E-state index in [1.54, 1.807) is 6.07 Å². The average molecular weight is 412 g/mol. The molecule has 2 aromatic carbocycles. The van der Waals surface area contributed by atoms with Crippen LogP contribution < -0.4 is 0 Å². The van der Waals surface area contributed by atoms with E-state index >= 15 is 0 Å². The van der Waals surface area contributed by atoms with Crippen LogP contribution in [0.15, 0.2) is 59.1 Å². The summed E-state index contributed by atoms with van der Waals surface area (Å²) in [5.74, 6) is -1.05. The molecule has 1 aromatic heterocycles. The highest BCUT2D eigenvalue weighted by Crippen LogP contribution is 2.27. The molecule has 0 aliphatic carbocycles. The summed E-state index contributed by atoms with van der Waals surface area (Å²) >= 11 is 3.41. The van der Waals surface area contributed by atoms with Crippen LogP contribution in [0.2, 0.25) is 0 Å². The van der Waals surface area contributed by atoms with Gasteiger partial charge in [-0.2, -0.15) is 0 Å². The van der Waals surface area contributed by atoms with Crippen molar-refractivity contribution in [2.75, 3.05) is 6.61 Å². The van der Waals surface area contributed by atoms with Gasteiger partial charge < -0.3 is 9.47 Å². The van der Waals surface area contributed by atoms with Gasteiger partial charge in [-0.3, -0.25) is 0 Å². The first-order valence-electron chi connectivity index (χ1n) is 8.15. The highest BCUT2D eigenvalue weighted by Gasteiger charge is 2.31. The molecule has 0 N–H and O–H groups in total. The third kappa shape index (κ3) is 3.20. The number of carbonyl (C=O) groups is 2. The molecule has 0 saturated carbocycles. The molecule has 26 heavy (non-hydrogen) atoms. The van der Waals surface area contributed by atoms with Gasteiger partial charge in [0, 0.05) is 21.8 Å². The monoisotopic (exact) mass is 411 g/mol. The van der Waals surface area contributed by atoms with E-state index in [9.17, 15) is 9.59 Å². The third-order valence-corrected chi connectivity index (χ3v) is 4.74. The summed E-state index contributed by atoms with van der Waals surface area (Å²) in [7, 11) is 0. The Morgan fingerprint density at radius 1 is 1.15 bits per heavy atom. The molecule has 0 bridgehead atoms. The Bertz CT molecular complexity index is 1000. The summed E-state index contributed by atoms with van der Waals surface area (Å²) in [5.41, 5.74) is 2.62. The molecule has 0 radical (unpaired) electrons. The smallest absolute Gasteiger partial charge is 0.347 e. The second-order valence-corrected chi connectivity index (χ2v) is 6.84. The van der Waals surface area contributed by atoms with Crippen molar-refractivity contribution >= 4 is 38.8 Å². The summed E-state index contributed by atoms with van der Waals surface area (Å²) in [4.78, 5) is 29.0. The van der Waals surface area contributed by atoms with E-state index in [1.165, 1.54) is 0 Å². The average Bonchev–Trinajstić information content (AvgIpc) is 3.06. The third-order valence-electron chi connectivity index (χ3n) is 4.21. The fourth-order valence-electron chi connectivity index (χ4n) is 2.89. The van der Waals surface area contributed by atoms with Crippen molar-refractivity contribution in [2.45, 2.75) is 12.5 Å². The van der Waals surface area contributed by atoms with Gasteiger partial charge in [-0.25, -0.2) is 14.6 Å². The first-order valence-corrected chi connectivity index (χ1v) is 8.94. The predicted molar refractivity (Wildman–Crippen MR) is 99.7 cm³/mol. The van der Waals surface area contributed by atoms with Gasteiger partial charge in [0.2, 0.25) is 6.10 Å². The summed E-state index contributed by atoms with van der Waals surface area (Å²) in [5, 5.41) is 0.685. The number of esters is 2. The number of rotatable bonds is 3. The Morgan fingerprint density at radius 2 is 1.92 bits per heavy atom. The Kier molecular flexibility index (Phi) is 4.42. The second-order valence-electron chi connectivity index (χ2n) is 5.93. The van der Waals surface area contributed by atoms with Crippen LogP contribution in [0.4, 0.5) is 0 Å². The Balaban J connectivity index is 1.78. The minimum atomic E-state index is -0.842. The number of carbonyl (C=O) groups excluding carboxylic acids is 2. The van der Waals surface area contributed by atoms with Gasteiger partial charge >= 0.3 is 11.9 Å². The van der Waals surface area contributed by atoms with E-state index in [1.807, 2.05) is 48.5 Å². The highest BCUT2D eigenvalue weighted by molar-refractivity contribution is 9.10. The topological polar surface area (TPSA) is 65.5 Å². The van der Waals surface area contributed by atoms with E-state index in [0.717, 1.165) is 10.0 Å². The van der Waals surface area contributed by atoms with Gasteiger partial charge in [-0.15, -0.1) is 0 Å². The minimum Gasteiger partial charge on any atom is -0.463 e. The second kappa shape index (κ2) is 6.88. The Morgan fingerprint density at radius 3 is 2.65 bits per heavy atom. The van der Waals surface area contributed by atoms with Crippen LogP contribution in [0.3, 0.4) is 0 Å². The van der Waals surface area contributed by atoms with Crippen LogP contribution >= 0.6 is 15.9 Å². The summed E-state index contributed by atoms with van der Waals surface area (Å²) < 4.78 is 11.2. The number of fused-ring (bicyclic) bond motifs is 1. The molecule has 0 unspecified atom stereocenters. The Labute approximate surface area is 158 Å². The number of halogens is 1. The quantitative estimate of drug-likeness (QED) is 0.606. The van der Waals surface area contributed by atoms with Crippen molar-refractivity contribution in [1.82, 2.24) is 4.98 Å². The van der Waals surface area contributed by atoms with E-state index < -0.39 is 18.0 Å². The zero-order chi connectivity index (χ0) is 18.1. The molecule has 5 nitrogen and oxygen atoms in total. The molecule has 1 fully saturated rings. The van der Waals surface area contributed by atoms with E-state index in [-0.39, 0.29) is 6.61 Å². The number of nitrogens with zero attached hydrogens (tertiary/aromatic N) is 1. The SMILES string of the molecule is O=C(O[C@H]1CCOC1=O)c1cc(-c2ccc(Br)cc2)nc2ccccc12. The number of para-hydroxylation sites is 1. The molecule has 6 heteroatoms. The van der Waals surface area contributed by atoms with Crippen LogP contribution in [-0.4, -0.2) is 29.6 Å². The maximum absolute atomic E-state index is 12.7. The van der Waals surface area contributed by atoms with Gasteiger partial charge in [0.05, 0.1) is 23.4 Å². The molecule has 0 amide bonds. The number of ether oxygens (including phenoxy) is 2. The number of benzene rings is 2. The minimum absolute atomic E-state index is 0.276. The summed E-state index contributed by atoms with van der Waals surface area (Å²) in [6.07, 6.45) is -0.460. The molecule has 1 aliphatic heterocycles. The van der Waals surface area contributed by atoms with Crippen molar-refractivity contribution in [2.24, 2.45) is 0 Å². The number of hydrogen-bond acceptors (Lipinski definition) is 5. The molecule has 3 aromatic rings. The molecule has 1 atom stereocenters. The molecule has 4 rings (SSSR count). The fraction of sp³-hybridized carbons (Fsp3) is 0.150. The van der Waals surface area contributed by atoms with Crippen molar-refractivity contribution in [3.63, 3.8) is 0 Å². The van der Waals surface area contributed by atoms with Gasteiger partial charge in [0.25, 0.3) is 0 Å². The lowest BCUT2D eigenvalue weighted by Crippen LogP contribution is -2.23. The first kappa shape index (κ1) is 16.7. The van der Waals surface area contributed by atoms with E-state index in [4.69, 9.17) is 9.47 Å². The summed E-state index contributed by atoms with van der Waals surface area (Å²) in [6.45, 7) is 0.276. The molecule has 0 spiro atoms. The largest absolute Gasteiger partial charge is 0.463 e. The summed E-state index contributed by atoms with van der Waals surface area (Å²) in [6, 6.07) is 16.7. The number of hydrogen-bond donors (Lipinski definition) is 0. The highest BCUT2D eigenvalue weighted by atomic mass is 79.9. The van der Waals surface area contributed by atoms with Crippen molar-refractivity contribution in [1.29, 1.82) is 0 Å². The molecule has 2 heterocycles. The van der Waals surface area contributed by atoms with Crippen molar-refractivity contribution in [3.8, 4) is 11.3 Å². The maximum Gasteiger partial charge on any atom is 0.347 e. The first-order chi connectivity index (χ1) is 12.6. The lowest BCUT2D eigenvalue weighted by molar-refractivity contribution is -0.145. The molecular formula is C20H14BrNO4. The van der Waals surface area contributed by atoms with Crippen LogP contribution in [0.5, 0.6) is 0 Å². The van der Waals surface area contributed by atoms with Gasteiger partial charge in [0.15, 0.2) is 0 Å². The van der Waals surface area contributed by atoms with Gasteiger partial charge in [-0.1, -0.05) is 46.3 Å². The zero-order valence-electron chi connectivity index (χ0n) is 13.6. The van der Waals surface area contributed by atoms with Gasteiger partial charge in [0.1, 0.15) is 0 Å². The van der Waals surface area contributed by atoms with Crippen LogP contribution in [0, 0.1) is 0 Å². The lowest BCUT2D eigenvalue weighted by Gasteiger charge is -2.12. The van der Waals surface area contributed by atoms with Gasteiger partial charge in [-0.05, 0) is 24.3 Å². The lowest BCUT2D eigenvalue weighted by atomic mass is 10.0. The zero-order valence-corrected chi connectivity index (χ0v) is 15.2. The molecular weight excluding hydrogens is 398 g/mol. The van der Waals surface area contributed by atoms with Crippen LogP contribution in [0.1, 0.15) is 16.8 Å². The molecule has 1 saturated heterocycles. The number of aromatic nitrogens is 1. The van der Waals surface area contributed by atoms with E-state index in [2.05, 4.69) is 20.9 Å². The molecule has 1 aliphatic rings. The van der Waals surface area contributed by atoms with Crippen molar-refractivity contribution in [3.05, 3.63) is 64.6 Å². The van der Waals surface area contributed by atoms with Crippen LogP contribution in [-0.2, 0) is 14.3 Å². The van der Waals surface area contributed by atoms with Crippen molar-refractivity contribution < 1.29 is 19.1 Å². The predicted octanol–water partition coefficient (Wildman–Crippen LogP) is 4.14. The van der Waals surface area contributed by atoms with E-state index in [0.29, 0.717) is 28.6 Å².